The summed E-state index contributed by atoms with van der Waals surface area (Å²) in [5, 5.41) is 0.0967. The van der Waals surface area contributed by atoms with Gasteiger partial charge in [0.05, 0.1) is 0 Å². The predicted molar refractivity (Wildman–Crippen MR) is 51.4 cm³/mol. The molecule has 0 atom stereocenters. The maximum atomic E-state index is 10.8. The summed E-state index contributed by atoms with van der Waals surface area (Å²) in [6.45, 7) is 0. The summed E-state index contributed by atoms with van der Waals surface area (Å²) in [6, 6.07) is 2.26. The zero-order valence-corrected chi connectivity index (χ0v) is 9.63. The van der Waals surface area contributed by atoms with Crippen LogP contribution in [0, 0.1) is 0 Å². The van der Waals surface area contributed by atoms with Gasteiger partial charge in [-0.15, -0.1) is 0 Å². The van der Waals surface area contributed by atoms with Crippen LogP contribution in [0.3, 0.4) is 0 Å². The Bertz CT molecular complexity index is 366. The van der Waals surface area contributed by atoms with E-state index >= 15 is 0 Å². The van der Waals surface area contributed by atoms with Crippen LogP contribution < -0.4 is 10.1 Å². The molecule has 0 aromatic heterocycles. The molecule has 0 saturated carbocycles. The summed E-state index contributed by atoms with van der Waals surface area (Å²) >= 11 is 6.24. The van der Waals surface area contributed by atoms with Gasteiger partial charge in [-0.2, -0.15) is 0 Å². The van der Waals surface area contributed by atoms with Gasteiger partial charge in [0.25, 0.3) is 0 Å². The number of nitrogen functional groups attached to an aromatic ring is 1. The van der Waals surface area contributed by atoms with Crippen molar-refractivity contribution < 1.29 is 11.9 Å². The van der Waals surface area contributed by atoms with Gasteiger partial charge in [-0.3, -0.25) is 0 Å². The Hall–Kier alpha value is -0.122. The molecule has 0 amide bonds. The second-order valence-corrected chi connectivity index (χ2v) is 6.55. The van der Waals surface area contributed by atoms with Crippen LogP contribution in [-0.2, 0) is 3.74 Å². The summed E-state index contributed by atoms with van der Waals surface area (Å²) < 4.78 is 28.4. The second-order valence-electron chi connectivity index (χ2n) is 2.37. The van der Waals surface area contributed by atoms with Gasteiger partial charge in [0.1, 0.15) is 0 Å². The topological polar surface area (TPSA) is 83.6 Å². The zero-order chi connectivity index (χ0) is 10.2. The van der Waals surface area contributed by atoms with Crippen LogP contribution >= 0.6 is 23.2 Å². The number of hydrogen-bond donors (Lipinski definition) is 3. The van der Waals surface area contributed by atoms with Gasteiger partial charge < -0.3 is 0 Å². The van der Waals surface area contributed by atoms with Crippen molar-refractivity contribution in [1.82, 2.24) is 0 Å². The Balaban J connectivity index is 3.38. The van der Waals surface area contributed by atoms with E-state index in [4.69, 9.17) is 37.1 Å². The molecule has 13 heavy (non-hydrogen) atoms. The van der Waals surface area contributed by atoms with Crippen molar-refractivity contribution in [2.45, 2.75) is 0 Å². The molecule has 72 valence electrons. The molecule has 0 fully saturated rings. The quantitative estimate of drug-likeness (QED) is 0.506. The fourth-order valence-corrected chi connectivity index (χ4v) is 2.81. The van der Waals surface area contributed by atoms with E-state index in [0.717, 1.165) is 12.1 Å². The number of nitrogens with two attached hydrogens (primary N) is 1. The molecule has 0 aliphatic carbocycles. The van der Waals surface area contributed by atoms with Gasteiger partial charge in [0.15, 0.2) is 0 Å². The summed E-state index contributed by atoms with van der Waals surface area (Å²) in [5.41, 5.74) is 5.51. The van der Waals surface area contributed by atoms with E-state index in [9.17, 15) is 3.74 Å². The Morgan fingerprint density at radius 3 is 1.92 bits per heavy atom. The van der Waals surface area contributed by atoms with E-state index in [2.05, 4.69) is 0 Å². The third-order valence-electron chi connectivity index (χ3n) is 1.40. The van der Waals surface area contributed by atoms with Crippen molar-refractivity contribution in [3.8, 4) is 0 Å². The molecule has 0 aliphatic rings. The molecule has 1 rings (SSSR count). The van der Waals surface area contributed by atoms with Gasteiger partial charge in [-0.25, -0.2) is 0 Å². The molecule has 0 aliphatic heterocycles. The molecule has 0 saturated heterocycles. The summed E-state index contributed by atoms with van der Waals surface area (Å²) in [4.78, 5) is 0. The first-order chi connectivity index (χ1) is 5.82. The Kier molecular flexibility index (Phi) is 3.00. The van der Waals surface area contributed by atoms with Crippen LogP contribution in [0.1, 0.15) is 0 Å². The Labute approximate surface area is 87.3 Å². The molecular formula is C6H6AsCl2NO3. The molecule has 4 N–H and O–H groups in total. The van der Waals surface area contributed by atoms with Gasteiger partial charge in [-0.05, 0) is 0 Å². The summed E-state index contributed by atoms with van der Waals surface area (Å²) in [5.74, 6) is 0. The minimum atomic E-state index is -4.92. The second kappa shape index (κ2) is 3.56. The molecule has 4 nitrogen and oxygen atoms in total. The standard InChI is InChI=1S/C6H6AsCl2NO3/c8-4-1-3(7(11,12)13)2-5(9)6(4)10/h1-2H,10H2,(H2,11,12,13). The fraction of sp³-hybridized carbons (Fsp3) is 0. The van der Waals surface area contributed by atoms with Gasteiger partial charge >= 0.3 is 87.3 Å². The number of halogens is 2. The first-order valence-electron chi connectivity index (χ1n) is 3.13. The average molecular weight is 286 g/mol. The monoisotopic (exact) mass is 285 g/mol. The van der Waals surface area contributed by atoms with Crippen molar-refractivity contribution in [3.05, 3.63) is 22.2 Å². The molecular weight excluding hydrogens is 280 g/mol. The van der Waals surface area contributed by atoms with E-state index < -0.39 is 14.2 Å². The Morgan fingerprint density at radius 1 is 1.23 bits per heavy atom. The van der Waals surface area contributed by atoms with E-state index in [1.54, 1.807) is 0 Å². The SMILES string of the molecule is Nc1c(Cl)cc([As](=O)(O)O)cc1Cl. The minimum absolute atomic E-state index is 0.0484. The van der Waals surface area contributed by atoms with Crippen molar-refractivity contribution in [2.75, 3.05) is 5.73 Å². The number of rotatable bonds is 1. The molecule has 0 spiro atoms. The average Bonchev–Trinajstić information content (AvgIpc) is 1.97. The van der Waals surface area contributed by atoms with Crippen molar-refractivity contribution in [1.29, 1.82) is 0 Å². The van der Waals surface area contributed by atoms with Gasteiger partial charge in [0, 0.05) is 0 Å². The molecule has 0 heterocycles. The molecule has 1 aromatic rings. The van der Waals surface area contributed by atoms with Crippen LogP contribution in [0.15, 0.2) is 12.1 Å². The van der Waals surface area contributed by atoms with Crippen LogP contribution in [-0.4, -0.2) is 22.4 Å². The van der Waals surface area contributed by atoms with E-state index in [1.165, 1.54) is 0 Å². The Morgan fingerprint density at radius 2 is 1.62 bits per heavy atom. The van der Waals surface area contributed by atoms with Gasteiger partial charge in [0.2, 0.25) is 0 Å². The maximum absolute atomic E-state index is 10.8. The third-order valence-corrected chi connectivity index (χ3v) is 3.98. The number of anilines is 1. The third kappa shape index (κ3) is 2.42. The summed E-state index contributed by atoms with van der Waals surface area (Å²) in [6.07, 6.45) is 0. The number of hydrogen-bond acceptors (Lipinski definition) is 2. The molecule has 0 bridgehead atoms. The van der Waals surface area contributed by atoms with Crippen LogP contribution in [0.4, 0.5) is 5.69 Å². The molecule has 7 heteroatoms. The first-order valence-corrected chi connectivity index (χ1v) is 7.27. The predicted octanol–water partition coefficient (Wildman–Crippen LogP) is 0.137. The fourth-order valence-electron chi connectivity index (χ4n) is 0.739. The molecule has 0 radical (unpaired) electrons. The van der Waals surface area contributed by atoms with Crippen molar-refractivity contribution in [3.63, 3.8) is 0 Å². The van der Waals surface area contributed by atoms with Crippen LogP contribution in [0.25, 0.3) is 0 Å². The van der Waals surface area contributed by atoms with E-state index in [1.807, 2.05) is 0 Å². The molecule has 1 aromatic carbocycles. The normalized spacial score (nSPS) is 11.7. The number of benzene rings is 1. The zero-order valence-electron chi connectivity index (χ0n) is 6.24. The van der Waals surface area contributed by atoms with E-state index in [-0.39, 0.29) is 20.1 Å². The summed E-state index contributed by atoms with van der Waals surface area (Å²) in [7, 11) is 0. The van der Waals surface area contributed by atoms with Crippen LogP contribution in [0.5, 0.6) is 0 Å². The first kappa shape index (κ1) is 11.0. The van der Waals surface area contributed by atoms with Crippen molar-refractivity contribution >= 4 is 47.4 Å². The van der Waals surface area contributed by atoms with Gasteiger partial charge in [-0.1, -0.05) is 0 Å². The van der Waals surface area contributed by atoms with Crippen molar-refractivity contribution in [2.24, 2.45) is 0 Å². The molecule has 0 unspecified atom stereocenters. The van der Waals surface area contributed by atoms with E-state index in [0.29, 0.717) is 0 Å². The van der Waals surface area contributed by atoms with Crippen LogP contribution in [0.2, 0.25) is 10.0 Å².